The van der Waals surface area contributed by atoms with E-state index in [0.717, 1.165) is 12.1 Å². The predicted octanol–water partition coefficient (Wildman–Crippen LogP) is 2.55. The summed E-state index contributed by atoms with van der Waals surface area (Å²) >= 11 is 0. The highest BCUT2D eigenvalue weighted by Gasteiger charge is 2.08. The molecule has 0 bridgehead atoms. The molecule has 0 radical (unpaired) electrons. The molecule has 0 aliphatic heterocycles. The molecule has 4 nitrogen and oxygen atoms in total. The van der Waals surface area contributed by atoms with Crippen LogP contribution in [0.5, 0.6) is 0 Å². The normalized spacial score (nSPS) is 9.95. The Hall–Kier alpha value is -2.94. The number of nitriles is 1. The van der Waals surface area contributed by atoms with Gasteiger partial charge in [0.15, 0.2) is 0 Å². The van der Waals surface area contributed by atoms with Crippen LogP contribution in [0, 0.1) is 23.0 Å². The lowest BCUT2D eigenvalue weighted by Crippen LogP contribution is -2.12. The smallest absolute Gasteiger partial charge is 0.248 e. The molecule has 2 aromatic carbocycles. The number of nitrogens with zero attached hydrogens (tertiary/aromatic N) is 1. The lowest BCUT2D eigenvalue weighted by Gasteiger charge is -2.08. The van der Waals surface area contributed by atoms with Crippen LogP contribution in [0.1, 0.15) is 21.5 Å². The third-order valence-corrected chi connectivity index (χ3v) is 2.91. The molecule has 0 unspecified atom stereocenters. The van der Waals surface area contributed by atoms with Gasteiger partial charge in [0.1, 0.15) is 17.7 Å². The van der Waals surface area contributed by atoms with Crippen LogP contribution < -0.4 is 11.1 Å². The molecule has 0 aromatic heterocycles. The number of primary amides is 1. The first-order chi connectivity index (χ1) is 10.0. The Morgan fingerprint density at radius 2 is 1.95 bits per heavy atom. The van der Waals surface area contributed by atoms with Gasteiger partial charge in [0, 0.05) is 23.4 Å². The van der Waals surface area contributed by atoms with Crippen LogP contribution in [0.4, 0.5) is 14.5 Å². The van der Waals surface area contributed by atoms with E-state index >= 15 is 0 Å². The summed E-state index contributed by atoms with van der Waals surface area (Å²) in [5.41, 5.74) is 5.87. The minimum absolute atomic E-state index is 0.0878. The van der Waals surface area contributed by atoms with Crippen molar-refractivity contribution in [2.75, 3.05) is 5.32 Å². The fraction of sp³-hybridized carbons (Fsp3) is 0.0667. The minimum atomic E-state index is -0.703. The first-order valence-corrected chi connectivity index (χ1v) is 6.03. The van der Waals surface area contributed by atoms with Crippen LogP contribution in [0.25, 0.3) is 0 Å². The van der Waals surface area contributed by atoms with Crippen molar-refractivity contribution >= 4 is 11.6 Å². The fourth-order valence-electron chi connectivity index (χ4n) is 1.76. The van der Waals surface area contributed by atoms with E-state index in [0.29, 0.717) is 11.3 Å². The van der Waals surface area contributed by atoms with E-state index in [2.05, 4.69) is 5.32 Å². The number of halogens is 2. The summed E-state index contributed by atoms with van der Waals surface area (Å²) in [5.74, 6) is -1.88. The van der Waals surface area contributed by atoms with Crippen LogP contribution in [0.2, 0.25) is 0 Å². The van der Waals surface area contributed by atoms with Crippen molar-refractivity contribution in [1.29, 1.82) is 5.26 Å². The number of amides is 1. The Labute approximate surface area is 119 Å². The van der Waals surface area contributed by atoms with E-state index < -0.39 is 17.5 Å². The second-order valence-corrected chi connectivity index (χ2v) is 4.33. The van der Waals surface area contributed by atoms with Gasteiger partial charge in [0.2, 0.25) is 5.91 Å². The van der Waals surface area contributed by atoms with E-state index in [1.165, 1.54) is 24.3 Å². The molecule has 2 rings (SSSR count). The molecule has 2 aromatic rings. The zero-order valence-electron chi connectivity index (χ0n) is 10.9. The summed E-state index contributed by atoms with van der Waals surface area (Å²) in [7, 11) is 0. The highest BCUT2D eigenvalue weighted by molar-refractivity contribution is 5.92. The summed E-state index contributed by atoms with van der Waals surface area (Å²) in [5, 5.41) is 11.6. The topological polar surface area (TPSA) is 78.9 Å². The average molecular weight is 287 g/mol. The van der Waals surface area contributed by atoms with Crippen LogP contribution in [0.15, 0.2) is 36.4 Å². The van der Waals surface area contributed by atoms with Gasteiger partial charge < -0.3 is 11.1 Å². The molecular weight excluding hydrogens is 276 g/mol. The molecule has 0 aliphatic carbocycles. The third kappa shape index (κ3) is 3.34. The quantitative estimate of drug-likeness (QED) is 0.907. The predicted molar refractivity (Wildman–Crippen MR) is 73.4 cm³/mol. The van der Waals surface area contributed by atoms with Gasteiger partial charge in [-0.3, -0.25) is 4.79 Å². The molecule has 21 heavy (non-hydrogen) atoms. The maximum atomic E-state index is 13.8. The lowest BCUT2D eigenvalue weighted by molar-refractivity contribution is 0.1000. The van der Waals surface area contributed by atoms with Crippen LogP contribution in [-0.2, 0) is 6.54 Å². The molecule has 0 atom stereocenters. The molecule has 0 fully saturated rings. The molecule has 106 valence electrons. The molecular formula is C15H11F2N3O. The Morgan fingerprint density at radius 1 is 1.19 bits per heavy atom. The van der Waals surface area contributed by atoms with Gasteiger partial charge in [-0.1, -0.05) is 6.07 Å². The maximum Gasteiger partial charge on any atom is 0.248 e. The summed E-state index contributed by atoms with van der Waals surface area (Å²) < 4.78 is 26.9. The monoisotopic (exact) mass is 287 g/mol. The van der Waals surface area contributed by atoms with Gasteiger partial charge in [0.05, 0.1) is 5.56 Å². The van der Waals surface area contributed by atoms with E-state index in [1.54, 1.807) is 6.07 Å². The zero-order chi connectivity index (χ0) is 15.4. The zero-order valence-corrected chi connectivity index (χ0v) is 10.9. The van der Waals surface area contributed by atoms with Gasteiger partial charge in [-0.25, -0.2) is 8.78 Å². The van der Waals surface area contributed by atoms with E-state index in [-0.39, 0.29) is 17.7 Å². The summed E-state index contributed by atoms with van der Waals surface area (Å²) in [6, 6.07) is 9.60. The Kier molecular flexibility index (Phi) is 4.14. The van der Waals surface area contributed by atoms with E-state index in [1.807, 2.05) is 0 Å². The SMILES string of the molecule is N#Cc1cc(NCc2ccc(C(N)=O)cc2F)ccc1F. The average Bonchev–Trinajstić information content (AvgIpc) is 2.47. The third-order valence-electron chi connectivity index (χ3n) is 2.91. The van der Waals surface area contributed by atoms with E-state index in [9.17, 15) is 13.6 Å². The number of anilines is 1. The summed E-state index contributed by atoms with van der Waals surface area (Å²) in [6.45, 7) is 0.126. The van der Waals surface area contributed by atoms with Gasteiger partial charge >= 0.3 is 0 Å². The molecule has 1 amide bonds. The van der Waals surface area contributed by atoms with Crippen LogP contribution in [-0.4, -0.2) is 5.91 Å². The number of carbonyl (C=O) groups is 1. The van der Waals surface area contributed by atoms with Crippen molar-refractivity contribution in [3.8, 4) is 6.07 Å². The van der Waals surface area contributed by atoms with Crippen molar-refractivity contribution in [3.05, 3.63) is 64.7 Å². The molecule has 0 aliphatic rings. The summed E-state index contributed by atoms with van der Waals surface area (Å²) in [6.07, 6.45) is 0. The first kappa shape index (κ1) is 14.5. The number of nitrogens with two attached hydrogens (primary N) is 1. The Balaban J connectivity index is 2.13. The number of rotatable bonds is 4. The molecule has 0 saturated heterocycles. The largest absolute Gasteiger partial charge is 0.381 e. The number of nitrogens with one attached hydrogen (secondary N) is 1. The highest BCUT2D eigenvalue weighted by Crippen LogP contribution is 2.16. The number of benzene rings is 2. The van der Waals surface area contributed by atoms with Crippen molar-refractivity contribution in [2.24, 2.45) is 5.73 Å². The van der Waals surface area contributed by atoms with E-state index in [4.69, 9.17) is 11.0 Å². The van der Waals surface area contributed by atoms with Crippen molar-refractivity contribution in [1.82, 2.24) is 0 Å². The van der Waals surface area contributed by atoms with Crippen LogP contribution >= 0.6 is 0 Å². The van der Waals surface area contributed by atoms with Crippen molar-refractivity contribution < 1.29 is 13.6 Å². The van der Waals surface area contributed by atoms with Gasteiger partial charge in [-0.2, -0.15) is 5.26 Å². The maximum absolute atomic E-state index is 13.8. The fourth-order valence-corrected chi connectivity index (χ4v) is 1.76. The summed E-state index contributed by atoms with van der Waals surface area (Å²) in [4.78, 5) is 10.9. The Bertz CT molecular complexity index is 738. The second-order valence-electron chi connectivity index (χ2n) is 4.33. The number of hydrogen-bond donors (Lipinski definition) is 2. The van der Waals surface area contributed by atoms with Crippen molar-refractivity contribution in [3.63, 3.8) is 0 Å². The minimum Gasteiger partial charge on any atom is -0.381 e. The van der Waals surface area contributed by atoms with Gasteiger partial charge in [-0.15, -0.1) is 0 Å². The molecule has 3 N–H and O–H groups in total. The molecule has 0 saturated carbocycles. The van der Waals surface area contributed by atoms with Gasteiger partial charge in [-0.05, 0) is 30.3 Å². The van der Waals surface area contributed by atoms with Gasteiger partial charge in [0.25, 0.3) is 0 Å². The number of hydrogen-bond acceptors (Lipinski definition) is 3. The number of carbonyl (C=O) groups excluding carboxylic acids is 1. The molecule has 0 heterocycles. The lowest BCUT2D eigenvalue weighted by atomic mass is 10.1. The Morgan fingerprint density at radius 3 is 2.57 bits per heavy atom. The first-order valence-electron chi connectivity index (χ1n) is 6.03. The molecule has 0 spiro atoms. The highest BCUT2D eigenvalue weighted by atomic mass is 19.1. The second kappa shape index (κ2) is 6.01. The standard InChI is InChI=1S/C15H11F2N3O/c16-13-4-3-12(5-11(13)7-18)20-8-10-2-1-9(15(19)21)6-14(10)17/h1-6,20H,8H2,(H2,19,21). The van der Waals surface area contributed by atoms with Crippen molar-refractivity contribution in [2.45, 2.75) is 6.54 Å². The molecule has 6 heteroatoms. The van der Waals surface area contributed by atoms with Crippen LogP contribution in [0.3, 0.4) is 0 Å².